The maximum Gasteiger partial charge on any atom is 0.234 e. The van der Waals surface area contributed by atoms with Gasteiger partial charge in [-0.15, -0.1) is 0 Å². The molecular weight excluding hydrogens is 386 g/mol. The van der Waals surface area contributed by atoms with Crippen LogP contribution in [0.5, 0.6) is 5.75 Å². The summed E-state index contributed by atoms with van der Waals surface area (Å²) in [7, 11) is 0. The van der Waals surface area contributed by atoms with Gasteiger partial charge in [0.15, 0.2) is 0 Å². The Morgan fingerprint density at radius 3 is 2.67 bits per heavy atom. The number of rotatable bonds is 7. The van der Waals surface area contributed by atoms with Crippen LogP contribution in [-0.2, 0) is 16.1 Å². The van der Waals surface area contributed by atoms with Crippen LogP contribution in [0.3, 0.4) is 0 Å². The predicted molar refractivity (Wildman–Crippen MR) is 112 cm³/mol. The molecule has 0 unspecified atom stereocenters. The van der Waals surface area contributed by atoms with Crippen LogP contribution in [0, 0.1) is 16.0 Å². The van der Waals surface area contributed by atoms with Gasteiger partial charge in [0.05, 0.1) is 13.2 Å². The third-order valence-corrected chi connectivity index (χ3v) is 5.57. The lowest BCUT2D eigenvalue weighted by Crippen LogP contribution is -2.26. The Kier molecular flexibility index (Phi) is 5.96. The first-order valence-electron chi connectivity index (χ1n) is 10.2. The van der Waals surface area contributed by atoms with E-state index in [4.69, 9.17) is 15.2 Å². The van der Waals surface area contributed by atoms with Gasteiger partial charge in [0, 0.05) is 42.0 Å². The summed E-state index contributed by atoms with van der Waals surface area (Å²) < 4.78 is 11.5. The molecule has 30 heavy (non-hydrogen) atoms. The monoisotopic (exact) mass is 411 g/mol. The molecule has 0 spiro atoms. The van der Waals surface area contributed by atoms with Crippen LogP contribution in [0.1, 0.15) is 24.8 Å². The van der Waals surface area contributed by atoms with Crippen molar-refractivity contribution in [2.24, 2.45) is 11.7 Å². The van der Waals surface area contributed by atoms with Crippen LogP contribution >= 0.6 is 0 Å². The van der Waals surface area contributed by atoms with E-state index in [0.29, 0.717) is 31.9 Å². The van der Waals surface area contributed by atoms with Gasteiger partial charge in [-0.1, -0.05) is 18.2 Å². The molecule has 158 valence electrons. The van der Waals surface area contributed by atoms with E-state index in [1.807, 2.05) is 36.4 Å². The van der Waals surface area contributed by atoms with Crippen LogP contribution in [0.4, 0.5) is 5.69 Å². The van der Waals surface area contributed by atoms with Crippen molar-refractivity contribution >= 4 is 11.6 Å². The zero-order valence-corrected chi connectivity index (χ0v) is 16.6. The first-order valence-corrected chi connectivity index (χ1v) is 10.2. The van der Waals surface area contributed by atoms with Crippen molar-refractivity contribution in [1.82, 2.24) is 0 Å². The van der Waals surface area contributed by atoms with Crippen molar-refractivity contribution in [2.75, 3.05) is 18.5 Å². The van der Waals surface area contributed by atoms with Gasteiger partial charge in [-0.05, 0) is 35.4 Å². The number of ether oxygens (including phenoxy) is 2. The second-order valence-corrected chi connectivity index (χ2v) is 7.72. The molecule has 8 nitrogen and oxygen atoms in total. The molecule has 1 amide bonds. The molecule has 0 aromatic heterocycles. The van der Waals surface area contributed by atoms with E-state index >= 15 is 0 Å². The molecule has 1 aliphatic heterocycles. The molecule has 1 aliphatic carbocycles. The lowest BCUT2D eigenvalue weighted by Gasteiger charge is -2.24. The largest absolute Gasteiger partial charge is 0.490 e. The fourth-order valence-corrected chi connectivity index (χ4v) is 3.71. The molecule has 8 heteroatoms. The number of carbonyl (C=O) groups excluding carboxylic acids is 1. The molecule has 2 aromatic rings. The molecule has 2 atom stereocenters. The minimum absolute atomic E-state index is 0.138. The Labute approximate surface area is 174 Å². The number of amides is 1. The second-order valence-electron chi connectivity index (χ2n) is 7.72. The number of nitrogens with one attached hydrogen (secondary N) is 1. The van der Waals surface area contributed by atoms with Gasteiger partial charge in [0.1, 0.15) is 17.8 Å². The number of benzene rings is 2. The van der Waals surface area contributed by atoms with Gasteiger partial charge < -0.3 is 20.5 Å². The maximum atomic E-state index is 12.2. The van der Waals surface area contributed by atoms with Crippen LogP contribution < -0.4 is 15.8 Å². The van der Waals surface area contributed by atoms with Crippen LogP contribution in [0.25, 0.3) is 11.1 Å². The average Bonchev–Trinajstić information content (AvgIpc) is 3.56. The van der Waals surface area contributed by atoms with E-state index in [2.05, 4.69) is 5.32 Å². The van der Waals surface area contributed by atoms with Crippen molar-refractivity contribution in [3.05, 3.63) is 58.1 Å². The minimum Gasteiger partial charge on any atom is -0.490 e. The highest BCUT2D eigenvalue weighted by Crippen LogP contribution is 2.35. The zero-order chi connectivity index (χ0) is 21.1. The van der Waals surface area contributed by atoms with Crippen molar-refractivity contribution < 1.29 is 19.2 Å². The number of hydrogen-bond donors (Lipinski definition) is 2. The normalized spacial score (nSPS) is 21.1. The van der Waals surface area contributed by atoms with Crippen LogP contribution in [-0.4, -0.2) is 36.2 Å². The van der Waals surface area contributed by atoms with Crippen molar-refractivity contribution in [2.45, 2.75) is 38.0 Å². The molecular formula is C22H25N3O5. The van der Waals surface area contributed by atoms with Crippen LogP contribution in [0.2, 0.25) is 0 Å². The second kappa shape index (κ2) is 8.81. The highest BCUT2D eigenvalue weighted by molar-refractivity contribution is 5.95. The molecule has 4 rings (SSSR count). The van der Waals surface area contributed by atoms with Crippen molar-refractivity contribution in [3.8, 4) is 16.9 Å². The predicted octanol–water partition coefficient (Wildman–Crippen LogP) is 2.97. The smallest absolute Gasteiger partial charge is 0.234 e. The van der Waals surface area contributed by atoms with E-state index in [-0.39, 0.29) is 16.9 Å². The third-order valence-electron chi connectivity index (χ3n) is 5.57. The molecule has 2 aromatic carbocycles. The Hall–Kier alpha value is -2.97. The molecule has 0 radical (unpaired) electrons. The lowest BCUT2D eigenvalue weighted by atomic mass is 10.0. The maximum absolute atomic E-state index is 12.2. The first-order chi connectivity index (χ1) is 14.5. The van der Waals surface area contributed by atoms with Gasteiger partial charge in [-0.3, -0.25) is 14.9 Å². The van der Waals surface area contributed by atoms with Gasteiger partial charge in [0.25, 0.3) is 0 Å². The fraction of sp³-hybridized carbons (Fsp3) is 0.409. The standard InChI is InChI=1S/C22H25N3O5/c23-13-16-10-15(4-5-21(16)30-18-6-8-29-9-7-18)14-2-1-3-17(11-14)24-22(26)19-12-20(19)25(27)28/h1-5,10-11,18-20H,6-9,12-13,23H2,(H,24,26)/t19-,20-/m0/s1. The number of hydrogen-bond acceptors (Lipinski definition) is 6. The highest BCUT2D eigenvalue weighted by Gasteiger charge is 2.53. The summed E-state index contributed by atoms with van der Waals surface area (Å²) in [6.07, 6.45) is 2.17. The quantitative estimate of drug-likeness (QED) is 0.534. The molecule has 1 saturated heterocycles. The van der Waals surface area contributed by atoms with E-state index in [1.165, 1.54) is 0 Å². The Balaban J connectivity index is 1.47. The van der Waals surface area contributed by atoms with E-state index in [9.17, 15) is 14.9 Å². The van der Waals surface area contributed by atoms with Gasteiger partial charge in [-0.25, -0.2) is 0 Å². The van der Waals surface area contributed by atoms with E-state index < -0.39 is 12.0 Å². The molecule has 1 heterocycles. The average molecular weight is 411 g/mol. The Morgan fingerprint density at radius 2 is 1.97 bits per heavy atom. The van der Waals surface area contributed by atoms with Crippen molar-refractivity contribution in [1.29, 1.82) is 0 Å². The summed E-state index contributed by atoms with van der Waals surface area (Å²) >= 11 is 0. The summed E-state index contributed by atoms with van der Waals surface area (Å²) in [4.78, 5) is 22.6. The minimum atomic E-state index is -0.761. The number of nitrogens with zero attached hydrogens (tertiary/aromatic N) is 1. The molecule has 0 bridgehead atoms. The molecule has 3 N–H and O–H groups in total. The molecule has 2 aliphatic rings. The number of anilines is 1. The number of nitro groups is 1. The van der Waals surface area contributed by atoms with Gasteiger partial charge >= 0.3 is 0 Å². The fourth-order valence-electron chi connectivity index (χ4n) is 3.71. The Bertz CT molecular complexity index is 942. The third kappa shape index (κ3) is 4.60. The summed E-state index contributed by atoms with van der Waals surface area (Å²) in [5.74, 6) is -0.0667. The van der Waals surface area contributed by atoms with Gasteiger partial charge in [-0.2, -0.15) is 0 Å². The number of carbonyl (C=O) groups is 1. The Morgan fingerprint density at radius 1 is 1.20 bits per heavy atom. The summed E-state index contributed by atoms with van der Waals surface area (Å²) in [5.41, 5.74) is 9.37. The zero-order valence-electron chi connectivity index (χ0n) is 16.6. The number of nitrogens with two attached hydrogens (primary N) is 1. The summed E-state index contributed by atoms with van der Waals surface area (Å²) in [6, 6.07) is 12.6. The molecule has 1 saturated carbocycles. The molecule has 2 fully saturated rings. The van der Waals surface area contributed by atoms with E-state index in [1.54, 1.807) is 6.07 Å². The highest BCUT2D eigenvalue weighted by atomic mass is 16.6. The topological polar surface area (TPSA) is 117 Å². The summed E-state index contributed by atoms with van der Waals surface area (Å²) in [6.45, 7) is 1.78. The van der Waals surface area contributed by atoms with E-state index in [0.717, 1.165) is 35.3 Å². The van der Waals surface area contributed by atoms with Gasteiger partial charge in [0.2, 0.25) is 11.9 Å². The van der Waals surface area contributed by atoms with Crippen molar-refractivity contribution in [3.63, 3.8) is 0 Å². The SMILES string of the molecule is NCc1cc(-c2cccc(NC(=O)[C@H]3C[C@@H]3[N+](=O)[O-])c2)ccc1OC1CCOCC1. The summed E-state index contributed by atoms with van der Waals surface area (Å²) in [5, 5.41) is 13.6. The van der Waals surface area contributed by atoms with Crippen LogP contribution in [0.15, 0.2) is 42.5 Å². The first kappa shape index (κ1) is 20.3. The lowest BCUT2D eigenvalue weighted by molar-refractivity contribution is -0.497.